The summed E-state index contributed by atoms with van der Waals surface area (Å²) in [5, 5.41) is 3.33. The zero-order valence-electron chi connectivity index (χ0n) is 10.8. The molecular formula is C15H20FNO. The molecule has 2 atom stereocenters. The third-order valence-electron chi connectivity index (χ3n) is 4.30. The minimum absolute atomic E-state index is 0.0802. The Morgan fingerprint density at radius 3 is 2.78 bits per heavy atom. The summed E-state index contributed by atoms with van der Waals surface area (Å²) in [5.74, 6) is -0.139. The van der Waals surface area contributed by atoms with Gasteiger partial charge in [0.2, 0.25) is 0 Å². The minimum Gasteiger partial charge on any atom is -0.375 e. The zero-order valence-corrected chi connectivity index (χ0v) is 10.8. The van der Waals surface area contributed by atoms with E-state index in [1.54, 1.807) is 6.07 Å². The van der Waals surface area contributed by atoms with Gasteiger partial charge in [0.1, 0.15) is 5.82 Å². The van der Waals surface area contributed by atoms with Crippen molar-refractivity contribution in [1.82, 2.24) is 5.32 Å². The third kappa shape index (κ3) is 2.17. The molecule has 3 rings (SSSR count). The van der Waals surface area contributed by atoms with Gasteiger partial charge < -0.3 is 10.1 Å². The topological polar surface area (TPSA) is 21.3 Å². The Bertz CT molecular complexity index is 430. The molecule has 2 aliphatic heterocycles. The van der Waals surface area contributed by atoms with E-state index in [9.17, 15) is 4.39 Å². The summed E-state index contributed by atoms with van der Waals surface area (Å²) in [7, 11) is 0. The molecule has 18 heavy (non-hydrogen) atoms. The van der Waals surface area contributed by atoms with Crippen LogP contribution in [0, 0.1) is 5.82 Å². The molecule has 0 aliphatic carbocycles. The second-order valence-electron chi connectivity index (χ2n) is 5.74. The number of ether oxygens (including phenoxy) is 1. The molecule has 0 amide bonds. The van der Waals surface area contributed by atoms with E-state index < -0.39 is 0 Å². The molecule has 1 N–H and O–H groups in total. The zero-order chi connectivity index (χ0) is 12.6. The van der Waals surface area contributed by atoms with Crippen LogP contribution in [0.2, 0.25) is 0 Å². The summed E-state index contributed by atoms with van der Waals surface area (Å²) in [6.07, 6.45) is 4.02. The van der Waals surface area contributed by atoms with Crippen LogP contribution in [-0.2, 0) is 10.2 Å². The quantitative estimate of drug-likeness (QED) is 0.889. The molecule has 2 aliphatic rings. The van der Waals surface area contributed by atoms with E-state index in [1.165, 1.54) is 6.07 Å². The van der Waals surface area contributed by atoms with Gasteiger partial charge in [-0.1, -0.05) is 12.1 Å². The van der Waals surface area contributed by atoms with Crippen molar-refractivity contribution in [2.75, 3.05) is 13.1 Å². The molecular weight excluding hydrogens is 229 g/mol. The van der Waals surface area contributed by atoms with E-state index in [-0.39, 0.29) is 11.2 Å². The standard InChI is InChI=1S/C15H20FNO/c1-11-5-6-14(18-11)8-15(9-17-10-15)12-3-2-4-13(16)7-12/h2-4,7,11,14,17H,5-6,8-10H2,1H3. The van der Waals surface area contributed by atoms with Gasteiger partial charge in [0.15, 0.2) is 0 Å². The van der Waals surface area contributed by atoms with Gasteiger partial charge in [0.25, 0.3) is 0 Å². The summed E-state index contributed by atoms with van der Waals surface area (Å²) in [6.45, 7) is 4.00. The highest BCUT2D eigenvalue weighted by atomic mass is 19.1. The molecule has 0 spiro atoms. The first-order valence-corrected chi connectivity index (χ1v) is 6.80. The van der Waals surface area contributed by atoms with Gasteiger partial charge in [0.05, 0.1) is 12.2 Å². The van der Waals surface area contributed by atoms with E-state index in [1.807, 2.05) is 12.1 Å². The maximum absolute atomic E-state index is 13.4. The molecule has 1 aromatic carbocycles. The Morgan fingerprint density at radius 1 is 1.39 bits per heavy atom. The molecule has 2 saturated heterocycles. The van der Waals surface area contributed by atoms with Gasteiger partial charge >= 0.3 is 0 Å². The van der Waals surface area contributed by atoms with Crippen LogP contribution in [0.15, 0.2) is 24.3 Å². The number of hydrogen-bond acceptors (Lipinski definition) is 2. The van der Waals surface area contributed by atoms with Crippen molar-refractivity contribution in [2.24, 2.45) is 0 Å². The molecule has 0 radical (unpaired) electrons. The van der Waals surface area contributed by atoms with E-state index >= 15 is 0 Å². The molecule has 0 saturated carbocycles. The molecule has 1 aromatic rings. The average molecular weight is 249 g/mol. The monoisotopic (exact) mass is 249 g/mol. The Hall–Kier alpha value is -0.930. The molecule has 0 bridgehead atoms. The van der Waals surface area contributed by atoms with E-state index in [4.69, 9.17) is 4.74 Å². The number of nitrogens with one attached hydrogen (secondary N) is 1. The van der Waals surface area contributed by atoms with Crippen LogP contribution in [-0.4, -0.2) is 25.3 Å². The van der Waals surface area contributed by atoms with Crippen molar-refractivity contribution in [3.8, 4) is 0 Å². The first-order chi connectivity index (χ1) is 8.68. The Labute approximate surface area is 108 Å². The van der Waals surface area contributed by atoms with Gasteiger partial charge in [-0.2, -0.15) is 0 Å². The molecule has 2 heterocycles. The van der Waals surface area contributed by atoms with Crippen LogP contribution in [0.25, 0.3) is 0 Å². The number of benzene rings is 1. The number of rotatable bonds is 3. The highest BCUT2D eigenvalue weighted by molar-refractivity contribution is 5.30. The fourth-order valence-electron chi connectivity index (χ4n) is 3.18. The molecule has 98 valence electrons. The van der Waals surface area contributed by atoms with Crippen molar-refractivity contribution in [2.45, 2.75) is 43.8 Å². The van der Waals surface area contributed by atoms with Gasteiger partial charge in [-0.15, -0.1) is 0 Å². The van der Waals surface area contributed by atoms with E-state index in [2.05, 4.69) is 12.2 Å². The summed E-state index contributed by atoms with van der Waals surface area (Å²) < 4.78 is 19.3. The normalized spacial score (nSPS) is 30.1. The second kappa shape index (κ2) is 4.63. The fraction of sp³-hybridized carbons (Fsp3) is 0.600. The molecule has 0 aromatic heterocycles. The molecule has 2 nitrogen and oxygen atoms in total. The number of halogens is 1. The maximum Gasteiger partial charge on any atom is 0.123 e. The highest BCUT2D eigenvalue weighted by Crippen LogP contribution is 2.37. The van der Waals surface area contributed by atoms with Crippen LogP contribution in [0.4, 0.5) is 4.39 Å². The van der Waals surface area contributed by atoms with Crippen LogP contribution in [0.1, 0.15) is 31.7 Å². The molecule has 3 heteroatoms. The van der Waals surface area contributed by atoms with Crippen molar-refractivity contribution in [1.29, 1.82) is 0 Å². The van der Waals surface area contributed by atoms with Gasteiger partial charge in [0, 0.05) is 18.5 Å². The lowest BCUT2D eigenvalue weighted by Gasteiger charge is -2.44. The van der Waals surface area contributed by atoms with Crippen molar-refractivity contribution in [3.05, 3.63) is 35.6 Å². The average Bonchev–Trinajstić information content (AvgIpc) is 2.69. The van der Waals surface area contributed by atoms with Gasteiger partial charge in [-0.3, -0.25) is 0 Å². The van der Waals surface area contributed by atoms with Crippen molar-refractivity contribution in [3.63, 3.8) is 0 Å². The molecule has 2 fully saturated rings. The molecule has 2 unspecified atom stereocenters. The van der Waals surface area contributed by atoms with Crippen LogP contribution < -0.4 is 5.32 Å². The van der Waals surface area contributed by atoms with Crippen LogP contribution in [0.3, 0.4) is 0 Å². The summed E-state index contributed by atoms with van der Waals surface area (Å²) in [5.41, 5.74) is 1.20. The fourth-order valence-corrected chi connectivity index (χ4v) is 3.18. The Kier molecular flexibility index (Phi) is 3.12. The predicted octanol–water partition coefficient (Wildman–Crippen LogP) is 2.62. The first-order valence-electron chi connectivity index (χ1n) is 6.80. The Balaban J connectivity index is 1.78. The third-order valence-corrected chi connectivity index (χ3v) is 4.30. The summed E-state index contributed by atoms with van der Waals surface area (Å²) >= 11 is 0. The lowest BCUT2D eigenvalue weighted by atomic mass is 9.71. The SMILES string of the molecule is CC1CCC(CC2(c3cccc(F)c3)CNC2)O1. The van der Waals surface area contributed by atoms with Gasteiger partial charge in [-0.25, -0.2) is 4.39 Å². The minimum atomic E-state index is -0.139. The van der Waals surface area contributed by atoms with E-state index in [0.717, 1.165) is 37.9 Å². The lowest BCUT2D eigenvalue weighted by Crippen LogP contribution is -2.58. The van der Waals surface area contributed by atoms with Crippen LogP contribution >= 0.6 is 0 Å². The lowest BCUT2D eigenvalue weighted by molar-refractivity contribution is 0.0272. The highest BCUT2D eigenvalue weighted by Gasteiger charge is 2.42. The Morgan fingerprint density at radius 2 is 2.22 bits per heavy atom. The van der Waals surface area contributed by atoms with Crippen LogP contribution in [0.5, 0.6) is 0 Å². The maximum atomic E-state index is 13.4. The van der Waals surface area contributed by atoms with Crippen molar-refractivity contribution < 1.29 is 9.13 Å². The summed E-state index contributed by atoms with van der Waals surface area (Å²) in [4.78, 5) is 0. The van der Waals surface area contributed by atoms with E-state index in [0.29, 0.717) is 12.2 Å². The first kappa shape index (κ1) is 12.1. The smallest absolute Gasteiger partial charge is 0.123 e. The summed E-state index contributed by atoms with van der Waals surface area (Å²) in [6, 6.07) is 7.04. The largest absolute Gasteiger partial charge is 0.375 e. The number of hydrogen-bond donors (Lipinski definition) is 1. The second-order valence-corrected chi connectivity index (χ2v) is 5.74. The van der Waals surface area contributed by atoms with Crippen molar-refractivity contribution >= 4 is 0 Å². The van der Waals surface area contributed by atoms with Gasteiger partial charge in [-0.05, 0) is 43.9 Å². The predicted molar refractivity (Wildman–Crippen MR) is 69.1 cm³/mol.